The first-order valence-electron chi connectivity index (χ1n) is 5.59. The van der Waals surface area contributed by atoms with Gasteiger partial charge in [-0.2, -0.15) is 0 Å². The van der Waals surface area contributed by atoms with Gasteiger partial charge >= 0.3 is 0 Å². The van der Waals surface area contributed by atoms with Gasteiger partial charge in [-0.15, -0.1) is 0 Å². The molecule has 0 spiro atoms. The summed E-state index contributed by atoms with van der Waals surface area (Å²) in [6.45, 7) is 0.450. The van der Waals surface area contributed by atoms with Crippen LogP contribution >= 0.6 is 0 Å². The highest BCUT2D eigenvalue weighted by atomic mass is 19.2. The molecular formula is C14H12F3N. The standard InChI is InChI=1S/C14H12F3N/c15-11-8-13(17)14(9-12(11)16)18-7-6-10-4-2-1-3-5-10/h1-5,8-9,18H,6-7H2. The molecule has 0 unspecified atom stereocenters. The molecule has 2 rings (SSSR count). The molecule has 4 heteroatoms. The summed E-state index contributed by atoms with van der Waals surface area (Å²) in [6.07, 6.45) is 0.680. The van der Waals surface area contributed by atoms with Crippen LogP contribution in [0.5, 0.6) is 0 Å². The van der Waals surface area contributed by atoms with Crippen LogP contribution in [0.25, 0.3) is 0 Å². The fourth-order valence-electron chi connectivity index (χ4n) is 1.64. The minimum Gasteiger partial charge on any atom is -0.382 e. The van der Waals surface area contributed by atoms with Gasteiger partial charge in [-0.05, 0) is 12.0 Å². The Labute approximate surface area is 103 Å². The van der Waals surface area contributed by atoms with E-state index in [4.69, 9.17) is 0 Å². The van der Waals surface area contributed by atoms with Crippen LogP contribution < -0.4 is 5.32 Å². The largest absolute Gasteiger partial charge is 0.382 e. The quantitative estimate of drug-likeness (QED) is 0.816. The lowest BCUT2D eigenvalue weighted by Crippen LogP contribution is -2.07. The first kappa shape index (κ1) is 12.5. The number of hydrogen-bond acceptors (Lipinski definition) is 1. The fraction of sp³-hybridized carbons (Fsp3) is 0.143. The fourth-order valence-corrected chi connectivity index (χ4v) is 1.64. The van der Waals surface area contributed by atoms with Gasteiger partial charge in [0.1, 0.15) is 5.82 Å². The maximum atomic E-state index is 13.3. The first-order chi connectivity index (χ1) is 8.66. The second-order valence-corrected chi connectivity index (χ2v) is 3.91. The van der Waals surface area contributed by atoms with Crippen molar-refractivity contribution in [3.05, 3.63) is 65.5 Å². The number of benzene rings is 2. The molecule has 18 heavy (non-hydrogen) atoms. The highest BCUT2D eigenvalue weighted by molar-refractivity contribution is 5.45. The van der Waals surface area contributed by atoms with Gasteiger partial charge in [0.15, 0.2) is 11.6 Å². The number of nitrogens with one attached hydrogen (secondary N) is 1. The lowest BCUT2D eigenvalue weighted by atomic mass is 10.1. The number of anilines is 1. The van der Waals surface area contributed by atoms with Crippen LogP contribution in [0, 0.1) is 17.5 Å². The zero-order valence-electron chi connectivity index (χ0n) is 9.59. The predicted molar refractivity (Wildman–Crippen MR) is 65.0 cm³/mol. The summed E-state index contributed by atoms with van der Waals surface area (Å²) in [5, 5.41) is 2.75. The van der Waals surface area contributed by atoms with E-state index in [0.717, 1.165) is 11.6 Å². The Kier molecular flexibility index (Phi) is 3.87. The van der Waals surface area contributed by atoms with Gasteiger partial charge in [0.25, 0.3) is 0 Å². The van der Waals surface area contributed by atoms with Crippen molar-refractivity contribution in [1.82, 2.24) is 0 Å². The van der Waals surface area contributed by atoms with Crippen LogP contribution in [-0.2, 0) is 6.42 Å². The van der Waals surface area contributed by atoms with Crippen molar-refractivity contribution in [2.75, 3.05) is 11.9 Å². The molecule has 0 saturated carbocycles. The summed E-state index contributed by atoms with van der Waals surface area (Å²) in [6, 6.07) is 11.0. The second-order valence-electron chi connectivity index (χ2n) is 3.91. The number of halogens is 3. The van der Waals surface area contributed by atoms with Crippen molar-refractivity contribution in [3.63, 3.8) is 0 Å². The Hall–Kier alpha value is -1.97. The second kappa shape index (κ2) is 5.58. The molecule has 0 bridgehead atoms. The SMILES string of the molecule is Fc1cc(F)c(NCCc2ccccc2)cc1F. The highest BCUT2D eigenvalue weighted by Gasteiger charge is 2.08. The summed E-state index contributed by atoms with van der Waals surface area (Å²) in [5.74, 6) is -3.03. The minimum absolute atomic E-state index is 0.0233. The zero-order chi connectivity index (χ0) is 13.0. The van der Waals surface area contributed by atoms with Crippen LogP contribution in [0.4, 0.5) is 18.9 Å². The third kappa shape index (κ3) is 3.03. The summed E-state index contributed by atoms with van der Waals surface area (Å²) < 4.78 is 38.9. The average molecular weight is 251 g/mol. The molecule has 1 nitrogen and oxygen atoms in total. The maximum Gasteiger partial charge on any atom is 0.161 e. The highest BCUT2D eigenvalue weighted by Crippen LogP contribution is 2.18. The summed E-state index contributed by atoms with van der Waals surface area (Å²) in [4.78, 5) is 0. The number of rotatable bonds is 4. The molecule has 0 aliphatic heterocycles. The molecule has 0 aliphatic carbocycles. The third-order valence-corrected chi connectivity index (χ3v) is 2.58. The molecule has 0 aromatic heterocycles. The van der Waals surface area contributed by atoms with E-state index in [1.54, 1.807) is 0 Å². The van der Waals surface area contributed by atoms with Crippen LogP contribution in [0.15, 0.2) is 42.5 Å². The molecule has 0 radical (unpaired) electrons. The average Bonchev–Trinajstić information content (AvgIpc) is 2.37. The Morgan fingerprint density at radius 3 is 2.22 bits per heavy atom. The van der Waals surface area contributed by atoms with Gasteiger partial charge in [-0.1, -0.05) is 30.3 Å². The van der Waals surface area contributed by atoms with Gasteiger partial charge in [0.2, 0.25) is 0 Å². The molecular weight excluding hydrogens is 239 g/mol. The smallest absolute Gasteiger partial charge is 0.161 e. The van der Waals surface area contributed by atoms with Crippen molar-refractivity contribution >= 4 is 5.69 Å². The summed E-state index contributed by atoms with van der Waals surface area (Å²) in [5.41, 5.74) is 1.07. The van der Waals surface area contributed by atoms with Gasteiger partial charge in [-0.25, -0.2) is 13.2 Å². The van der Waals surface area contributed by atoms with E-state index in [-0.39, 0.29) is 5.69 Å². The number of hydrogen-bond donors (Lipinski definition) is 1. The van der Waals surface area contributed by atoms with E-state index in [1.165, 1.54) is 0 Å². The van der Waals surface area contributed by atoms with E-state index in [0.29, 0.717) is 19.0 Å². The normalized spacial score (nSPS) is 10.4. The Morgan fingerprint density at radius 2 is 1.50 bits per heavy atom. The van der Waals surface area contributed by atoms with Crippen LogP contribution in [0.2, 0.25) is 0 Å². The molecule has 1 N–H and O–H groups in total. The summed E-state index contributed by atoms with van der Waals surface area (Å²) >= 11 is 0. The van der Waals surface area contributed by atoms with Crippen LogP contribution in [0.3, 0.4) is 0 Å². The van der Waals surface area contributed by atoms with Gasteiger partial charge < -0.3 is 5.32 Å². The Bertz CT molecular complexity index is 526. The van der Waals surface area contributed by atoms with Crippen molar-refractivity contribution in [2.24, 2.45) is 0 Å². The molecule has 0 atom stereocenters. The molecule has 0 saturated heterocycles. The molecule has 0 aliphatic rings. The zero-order valence-corrected chi connectivity index (χ0v) is 9.59. The van der Waals surface area contributed by atoms with E-state index >= 15 is 0 Å². The topological polar surface area (TPSA) is 12.0 Å². The predicted octanol–water partition coefficient (Wildman–Crippen LogP) is 3.76. The van der Waals surface area contributed by atoms with Gasteiger partial charge in [0, 0.05) is 18.7 Å². The van der Waals surface area contributed by atoms with Crippen molar-refractivity contribution in [1.29, 1.82) is 0 Å². The van der Waals surface area contributed by atoms with E-state index < -0.39 is 17.5 Å². The van der Waals surface area contributed by atoms with Gasteiger partial charge in [0.05, 0.1) is 5.69 Å². The van der Waals surface area contributed by atoms with E-state index in [9.17, 15) is 13.2 Å². The molecule has 94 valence electrons. The third-order valence-electron chi connectivity index (χ3n) is 2.58. The molecule has 0 fully saturated rings. The molecule has 2 aromatic rings. The summed E-state index contributed by atoms with van der Waals surface area (Å²) in [7, 11) is 0. The first-order valence-corrected chi connectivity index (χ1v) is 5.59. The van der Waals surface area contributed by atoms with Crippen molar-refractivity contribution in [2.45, 2.75) is 6.42 Å². The van der Waals surface area contributed by atoms with Crippen LogP contribution in [0.1, 0.15) is 5.56 Å². The monoisotopic (exact) mass is 251 g/mol. The lowest BCUT2D eigenvalue weighted by molar-refractivity contribution is 0.496. The molecule has 0 amide bonds. The van der Waals surface area contributed by atoms with Crippen LogP contribution in [-0.4, -0.2) is 6.54 Å². The van der Waals surface area contributed by atoms with Crippen molar-refractivity contribution < 1.29 is 13.2 Å². The lowest BCUT2D eigenvalue weighted by Gasteiger charge is -2.08. The minimum atomic E-state index is -1.18. The molecule has 0 heterocycles. The van der Waals surface area contributed by atoms with E-state index in [1.807, 2.05) is 30.3 Å². The Balaban J connectivity index is 1.97. The van der Waals surface area contributed by atoms with Crippen molar-refractivity contribution in [3.8, 4) is 0 Å². The van der Waals surface area contributed by atoms with Gasteiger partial charge in [-0.3, -0.25) is 0 Å². The maximum absolute atomic E-state index is 13.3. The van der Waals surface area contributed by atoms with E-state index in [2.05, 4.69) is 5.32 Å². The Morgan fingerprint density at radius 1 is 0.833 bits per heavy atom. The molecule has 2 aromatic carbocycles.